The van der Waals surface area contributed by atoms with E-state index < -0.39 is 0 Å². The molecular weight excluding hydrogens is 290 g/mol. The minimum atomic E-state index is 0.193. The molecule has 0 bridgehead atoms. The molecule has 1 N–H and O–H groups in total. The van der Waals surface area contributed by atoms with Crippen molar-refractivity contribution in [3.8, 4) is 5.75 Å². The average molecular weight is 316 g/mol. The maximum absolute atomic E-state index is 11.3. The van der Waals surface area contributed by atoms with E-state index in [9.17, 15) is 9.90 Å². The first kappa shape index (κ1) is 15.1. The molecule has 1 aromatic carbocycles. The van der Waals surface area contributed by atoms with Crippen molar-refractivity contribution in [2.75, 3.05) is 39.3 Å². The van der Waals surface area contributed by atoms with Crippen molar-refractivity contribution in [1.82, 2.24) is 9.80 Å². The molecule has 0 aromatic heterocycles. The van der Waals surface area contributed by atoms with Gasteiger partial charge in [0.25, 0.3) is 0 Å². The van der Waals surface area contributed by atoms with Crippen LogP contribution < -0.4 is 0 Å². The molecule has 2 atom stereocenters. The molecule has 0 amide bonds. The van der Waals surface area contributed by atoms with Crippen LogP contribution in [0.4, 0.5) is 0 Å². The summed E-state index contributed by atoms with van der Waals surface area (Å²) in [5.74, 6) is 0.193. The van der Waals surface area contributed by atoms with Gasteiger partial charge in [-0.15, -0.1) is 0 Å². The monoisotopic (exact) mass is 316 g/mol. The Labute approximate surface area is 137 Å². The summed E-state index contributed by atoms with van der Waals surface area (Å²) in [5, 5.41) is 10.6. The topological polar surface area (TPSA) is 43.8 Å². The Balaban J connectivity index is 1.69. The number of aryl methyl sites for hydroxylation is 1. The first-order chi connectivity index (χ1) is 11.1. The molecule has 124 valence electrons. The molecule has 3 fully saturated rings. The fourth-order valence-corrected chi connectivity index (χ4v) is 4.95. The Morgan fingerprint density at radius 2 is 1.91 bits per heavy atom. The van der Waals surface area contributed by atoms with E-state index in [4.69, 9.17) is 0 Å². The second-order valence-electron chi connectivity index (χ2n) is 7.37. The Hall–Kier alpha value is -1.43. The van der Waals surface area contributed by atoms with Crippen LogP contribution in [0.5, 0.6) is 5.75 Å². The number of nitrogens with zero attached hydrogens (tertiary/aromatic N) is 3. The molecular formula is C18H26N3O2+. The number of rotatable bonds is 3. The molecule has 23 heavy (non-hydrogen) atoms. The van der Waals surface area contributed by atoms with E-state index >= 15 is 0 Å². The SMILES string of the molecule is Cc1ccc(C[N+]23CCCN4CCCN(CC2)C43)c(O)c1C=O. The van der Waals surface area contributed by atoms with Gasteiger partial charge in [0.05, 0.1) is 25.2 Å². The summed E-state index contributed by atoms with van der Waals surface area (Å²) in [4.78, 5) is 16.5. The number of hydrogen-bond acceptors (Lipinski definition) is 4. The normalized spacial score (nSPS) is 31.1. The highest BCUT2D eigenvalue weighted by Gasteiger charge is 2.53. The van der Waals surface area contributed by atoms with Crippen molar-refractivity contribution < 1.29 is 14.4 Å². The zero-order chi connectivity index (χ0) is 16.0. The van der Waals surface area contributed by atoms with E-state index in [0.29, 0.717) is 11.9 Å². The molecule has 4 rings (SSSR count). The maximum atomic E-state index is 11.3. The largest absolute Gasteiger partial charge is 0.507 e. The van der Waals surface area contributed by atoms with Crippen LogP contribution in [0.2, 0.25) is 0 Å². The molecule has 5 heteroatoms. The van der Waals surface area contributed by atoms with Gasteiger partial charge >= 0.3 is 0 Å². The fraction of sp³-hybridized carbons (Fsp3) is 0.611. The van der Waals surface area contributed by atoms with E-state index in [0.717, 1.165) is 41.5 Å². The molecule has 3 aliphatic rings. The molecule has 0 spiro atoms. The third kappa shape index (κ3) is 2.30. The second-order valence-corrected chi connectivity index (χ2v) is 7.37. The van der Waals surface area contributed by atoms with E-state index in [1.54, 1.807) is 0 Å². The third-order valence-corrected chi connectivity index (χ3v) is 6.04. The minimum absolute atomic E-state index is 0.193. The lowest BCUT2D eigenvalue weighted by atomic mass is 10.0. The summed E-state index contributed by atoms with van der Waals surface area (Å²) >= 11 is 0. The van der Waals surface area contributed by atoms with Crippen molar-refractivity contribution in [2.45, 2.75) is 32.6 Å². The quantitative estimate of drug-likeness (QED) is 0.679. The third-order valence-electron chi connectivity index (χ3n) is 6.04. The van der Waals surface area contributed by atoms with Crippen molar-refractivity contribution in [1.29, 1.82) is 0 Å². The van der Waals surface area contributed by atoms with E-state index in [1.165, 1.54) is 39.0 Å². The maximum Gasteiger partial charge on any atom is 0.205 e. The summed E-state index contributed by atoms with van der Waals surface area (Å²) in [7, 11) is 0. The Morgan fingerprint density at radius 1 is 1.17 bits per heavy atom. The molecule has 3 heterocycles. The Bertz CT molecular complexity index is 631. The smallest absolute Gasteiger partial charge is 0.205 e. The minimum Gasteiger partial charge on any atom is -0.507 e. The first-order valence-electron chi connectivity index (χ1n) is 8.75. The highest BCUT2D eigenvalue weighted by atomic mass is 16.3. The van der Waals surface area contributed by atoms with Gasteiger partial charge in [-0.05, 0) is 25.0 Å². The number of aromatic hydroxyl groups is 1. The fourth-order valence-electron chi connectivity index (χ4n) is 4.95. The first-order valence-corrected chi connectivity index (χ1v) is 8.75. The number of benzene rings is 1. The lowest BCUT2D eigenvalue weighted by Gasteiger charge is -2.51. The lowest BCUT2D eigenvalue weighted by Crippen LogP contribution is -2.68. The zero-order valence-corrected chi connectivity index (χ0v) is 13.9. The van der Waals surface area contributed by atoms with Crippen molar-refractivity contribution in [3.05, 3.63) is 28.8 Å². The Kier molecular flexibility index (Phi) is 3.67. The molecule has 0 radical (unpaired) electrons. The Morgan fingerprint density at radius 3 is 2.70 bits per heavy atom. The molecule has 0 aliphatic carbocycles. The summed E-state index contributed by atoms with van der Waals surface area (Å²) < 4.78 is 1.02. The van der Waals surface area contributed by atoms with E-state index in [2.05, 4.69) is 9.80 Å². The van der Waals surface area contributed by atoms with Crippen LogP contribution in [0.1, 0.15) is 34.3 Å². The van der Waals surface area contributed by atoms with Gasteiger partial charge in [-0.1, -0.05) is 6.07 Å². The van der Waals surface area contributed by atoms with Gasteiger partial charge in [0.2, 0.25) is 6.29 Å². The number of phenols is 1. The van der Waals surface area contributed by atoms with Crippen molar-refractivity contribution >= 4 is 6.29 Å². The van der Waals surface area contributed by atoms with Gasteiger partial charge in [-0.25, -0.2) is 9.80 Å². The molecule has 5 nitrogen and oxygen atoms in total. The molecule has 2 unspecified atom stereocenters. The van der Waals surface area contributed by atoms with Crippen LogP contribution in [0.3, 0.4) is 0 Å². The van der Waals surface area contributed by atoms with Crippen LogP contribution in [-0.4, -0.2) is 71.2 Å². The molecule has 0 saturated carbocycles. The van der Waals surface area contributed by atoms with E-state index in [1.807, 2.05) is 19.1 Å². The number of carbonyl (C=O) groups is 1. The summed E-state index contributed by atoms with van der Waals surface area (Å²) in [6.07, 6.45) is 3.74. The predicted octanol–water partition coefficient (Wildman–Crippen LogP) is 1.54. The standard InChI is InChI=1S/C18H25N3O2/c1-14-4-5-15(17(23)16(14)13-22)12-21-10-3-8-19-6-2-7-20(9-11-21)18(19)21/h4-5,13,18H,2-3,6-12H2,1H3/p+1. The number of aldehydes is 1. The van der Waals surface area contributed by atoms with Crippen LogP contribution in [0.15, 0.2) is 12.1 Å². The zero-order valence-electron chi connectivity index (χ0n) is 13.9. The van der Waals surface area contributed by atoms with Crippen LogP contribution in [0, 0.1) is 6.92 Å². The van der Waals surface area contributed by atoms with Crippen LogP contribution in [0.25, 0.3) is 0 Å². The second kappa shape index (κ2) is 5.58. The van der Waals surface area contributed by atoms with Crippen molar-refractivity contribution in [3.63, 3.8) is 0 Å². The molecule has 1 aromatic rings. The number of carbonyl (C=O) groups excluding carboxylic acids is 1. The van der Waals surface area contributed by atoms with Crippen LogP contribution >= 0.6 is 0 Å². The molecule has 3 saturated heterocycles. The summed E-state index contributed by atoms with van der Waals surface area (Å²) in [6.45, 7) is 9.74. The van der Waals surface area contributed by atoms with Gasteiger partial charge in [0, 0.05) is 31.6 Å². The van der Waals surface area contributed by atoms with Crippen LogP contribution in [-0.2, 0) is 6.54 Å². The summed E-state index contributed by atoms with van der Waals surface area (Å²) in [6, 6.07) is 3.97. The lowest BCUT2D eigenvalue weighted by molar-refractivity contribution is -0.974. The van der Waals surface area contributed by atoms with E-state index in [-0.39, 0.29) is 5.75 Å². The number of phenolic OH excluding ortho intramolecular Hbond substituents is 1. The van der Waals surface area contributed by atoms with Crippen molar-refractivity contribution in [2.24, 2.45) is 0 Å². The highest BCUT2D eigenvalue weighted by Crippen LogP contribution is 2.38. The summed E-state index contributed by atoms with van der Waals surface area (Å²) in [5.41, 5.74) is 2.23. The average Bonchev–Trinajstić information content (AvgIpc) is 2.92. The predicted molar refractivity (Wildman–Crippen MR) is 88.1 cm³/mol. The number of quaternary nitrogens is 1. The number of hydrogen-bond donors (Lipinski definition) is 1. The van der Waals surface area contributed by atoms with Gasteiger partial charge < -0.3 is 5.11 Å². The van der Waals surface area contributed by atoms with Gasteiger partial charge in [0.1, 0.15) is 12.3 Å². The molecule has 3 aliphatic heterocycles. The highest BCUT2D eigenvalue weighted by molar-refractivity contribution is 5.82. The van der Waals surface area contributed by atoms with Gasteiger partial charge in [-0.2, -0.15) is 0 Å². The van der Waals surface area contributed by atoms with Gasteiger partial charge in [0.15, 0.2) is 6.29 Å². The van der Waals surface area contributed by atoms with Gasteiger partial charge in [-0.3, -0.25) is 9.28 Å².